The van der Waals surface area contributed by atoms with E-state index in [9.17, 15) is 14.7 Å². The molecule has 0 radical (unpaired) electrons. The minimum Gasteiger partial charge on any atom is -0.478 e. The summed E-state index contributed by atoms with van der Waals surface area (Å²) >= 11 is 0. The number of carbonyl (C=O) groups excluding carboxylic acids is 1. The van der Waals surface area contributed by atoms with Crippen molar-refractivity contribution < 1.29 is 19.8 Å². The molecular weight excluding hydrogens is 342 g/mol. The second-order valence-corrected chi connectivity index (χ2v) is 7.61. The van der Waals surface area contributed by atoms with Gasteiger partial charge in [-0.25, -0.2) is 4.79 Å². The maximum atomic E-state index is 12.2. The molecule has 1 fully saturated rings. The largest absolute Gasteiger partial charge is 0.478 e. The summed E-state index contributed by atoms with van der Waals surface area (Å²) in [5.41, 5.74) is 1.32. The van der Waals surface area contributed by atoms with E-state index in [1.807, 2.05) is 17.0 Å². The van der Waals surface area contributed by atoms with Gasteiger partial charge in [-0.1, -0.05) is 44.7 Å². The molecule has 0 spiro atoms. The number of carbonyl (C=O) groups is 2. The Morgan fingerprint density at radius 3 is 2.59 bits per heavy atom. The maximum Gasteiger partial charge on any atom is 0.335 e. The summed E-state index contributed by atoms with van der Waals surface area (Å²) in [6.45, 7) is 2.84. The molecule has 5 heteroatoms. The van der Waals surface area contributed by atoms with E-state index in [-0.39, 0.29) is 23.6 Å². The first kappa shape index (κ1) is 21.4. The summed E-state index contributed by atoms with van der Waals surface area (Å²) in [7, 11) is 0. The minimum absolute atomic E-state index is 0.194. The first-order valence-corrected chi connectivity index (χ1v) is 10.3. The molecule has 1 saturated heterocycles. The van der Waals surface area contributed by atoms with Crippen molar-refractivity contribution >= 4 is 11.9 Å². The van der Waals surface area contributed by atoms with Crippen molar-refractivity contribution in [2.24, 2.45) is 0 Å². The molecule has 2 unspecified atom stereocenters. The Kier molecular flexibility index (Phi) is 8.79. The van der Waals surface area contributed by atoms with Gasteiger partial charge in [0.2, 0.25) is 5.91 Å². The number of nitrogens with zero attached hydrogens (tertiary/aromatic N) is 1. The fourth-order valence-electron chi connectivity index (χ4n) is 3.80. The second-order valence-electron chi connectivity index (χ2n) is 7.61. The third kappa shape index (κ3) is 6.98. The van der Waals surface area contributed by atoms with Gasteiger partial charge >= 0.3 is 5.97 Å². The monoisotopic (exact) mass is 375 g/mol. The quantitative estimate of drug-likeness (QED) is 0.541. The molecule has 2 atom stereocenters. The van der Waals surface area contributed by atoms with Crippen LogP contribution in [-0.4, -0.2) is 45.7 Å². The van der Waals surface area contributed by atoms with Gasteiger partial charge in [-0.05, 0) is 49.8 Å². The van der Waals surface area contributed by atoms with Crippen molar-refractivity contribution in [1.82, 2.24) is 4.90 Å². The number of aliphatic hydroxyl groups is 1. The van der Waals surface area contributed by atoms with Crippen LogP contribution in [0.15, 0.2) is 24.3 Å². The Morgan fingerprint density at radius 1 is 1.19 bits per heavy atom. The Hall–Kier alpha value is -1.88. The Bertz CT molecular complexity index is 599. The minimum atomic E-state index is -0.926. The number of hydrogen-bond acceptors (Lipinski definition) is 3. The highest BCUT2D eigenvalue weighted by Crippen LogP contribution is 2.24. The van der Waals surface area contributed by atoms with Crippen molar-refractivity contribution in [3.05, 3.63) is 35.4 Å². The number of amides is 1. The Balaban J connectivity index is 1.77. The molecule has 2 rings (SSSR count). The maximum absolute atomic E-state index is 12.2. The summed E-state index contributed by atoms with van der Waals surface area (Å²) < 4.78 is 0. The van der Waals surface area contributed by atoms with Crippen molar-refractivity contribution in [2.75, 3.05) is 6.54 Å². The number of likely N-dealkylation sites (tertiary alicyclic amines) is 1. The van der Waals surface area contributed by atoms with E-state index in [4.69, 9.17) is 5.11 Å². The standard InChI is InChI=1S/C22H33NO4/c1-2-3-4-5-6-20(24)13-11-19-12-14-21(25)23(19)16-15-17-7-9-18(10-8-17)22(26)27/h7-10,19-20,24H,2-6,11-16H2,1H3,(H,26,27). The van der Waals surface area contributed by atoms with E-state index in [0.29, 0.717) is 13.0 Å². The predicted octanol–water partition coefficient (Wildman–Crippen LogP) is 4.03. The average Bonchev–Trinajstić information content (AvgIpc) is 3.02. The summed E-state index contributed by atoms with van der Waals surface area (Å²) in [5, 5.41) is 19.1. The van der Waals surface area contributed by atoms with Gasteiger partial charge in [0.1, 0.15) is 0 Å². The van der Waals surface area contributed by atoms with Gasteiger partial charge in [-0.15, -0.1) is 0 Å². The van der Waals surface area contributed by atoms with Crippen LogP contribution in [0.5, 0.6) is 0 Å². The number of hydrogen-bond donors (Lipinski definition) is 2. The number of rotatable bonds is 12. The first-order chi connectivity index (χ1) is 13.0. The van der Waals surface area contributed by atoms with Crippen molar-refractivity contribution in [2.45, 2.75) is 83.3 Å². The Morgan fingerprint density at radius 2 is 1.93 bits per heavy atom. The number of unbranched alkanes of at least 4 members (excludes halogenated alkanes) is 3. The highest BCUT2D eigenvalue weighted by Gasteiger charge is 2.30. The SMILES string of the molecule is CCCCCCC(O)CCC1CCC(=O)N1CCc1ccc(C(=O)O)cc1. The lowest BCUT2D eigenvalue weighted by Crippen LogP contribution is -2.35. The molecule has 1 aliphatic heterocycles. The summed E-state index contributed by atoms with van der Waals surface area (Å²) in [4.78, 5) is 25.1. The zero-order valence-corrected chi connectivity index (χ0v) is 16.4. The summed E-state index contributed by atoms with van der Waals surface area (Å²) in [5.74, 6) is -0.732. The molecule has 1 aliphatic rings. The number of carboxylic acids is 1. The van der Waals surface area contributed by atoms with E-state index >= 15 is 0 Å². The zero-order valence-electron chi connectivity index (χ0n) is 16.4. The number of aromatic carboxylic acids is 1. The van der Waals surface area contributed by atoms with E-state index in [1.54, 1.807) is 12.1 Å². The van der Waals surface area contributed by atoms with Crippen molar-refractivity contribution in [3.63, 3.8) is 0 Å². The van der Waals surface area contributed by atoms with Gasteiger partial charge in [0.25, 0.3) is 0 Å². The number of aliphatic hydroxyl groups excluding tert-OH is 1. The smallest absolute Gasteiger partial charge is 0.335 e. The van der Waals surface area contributed by atoms with Crippen LogP contribution in [0.25, 0.3) is 0 Å². The molecule has 1 heterocycles. The zero-order chi connectivity index (χ0) is 19.6. The molecule has 1 amide bonds. The average molecular weight is 376 g/mol. The van der Waals surface area contributed by atoms with Gasteiger partial charge < -0.3 is 15.1 Å². The van der Waals surface area contributed by atoms with Gasteiger partial charge in [-0.2, -0.15) is 0 Å². The molecule has 1 aromatic rings. The summed E-state index contributed by atoms with van der Waals surface area (Å²) in [6.07, 6.45) is 9.10. The third-order valence-corrected chi connectivity index (χ3v) is 5.52. The van der Waals surface area contributed by atoms with E-state index in [1.165, 1.54) is 19.3 Å². The predicted molar refractivity (Wildman–Crippen MR) is 106 cm³/mol. The molecule has 0 aromatic heterocycles. The molecule has 0 aliphatic carbocycles. The molecule has 2 N–H and O–H groups in total. The molecule has 27 heavy (non-hydrogen) atoms. The van der Waals surface area contributed by atoms with E-state index in [0.717, 1.165) is 44.1 Å². The first-order valence-electron chi connectivity index (χ1n) is 10.3. The van der Waals surface area contributed by atoms with E-state index in [2.05, 4.69) is 6.92 Å². The number of benzene rings is 1. The van der Waals surface area contributed by atoms with Crippen LogP contribution in [0.4, 0.5) is 0 Å². The lowest BCUT2D eigenvalue weighted by Gasteiger charge is -2.26. The molecule has 1 aromatic carbocycles. The fourth-order valence-corrected chi connectivity index (χ4v) is 3.80. The van der Waals surface area contributed by atoms with Crippen LogP contribution >= 0.6 is 0 Å². The fraction of sp³-hybridized carbons (Fsp3) is 0.636. The van der Waals surface area contributed by atoms with Crippen LogP contribution in [0.2, 0.25) is 0 Å². The Labute approximate surface area is 162 Å². The van der Waals surface area contributed by atoms with Gasteiger partial charge in [-0.3, -0.25) is 4.79 Å². The van der Waals surface area contributed by atoms with E-state index < -0.39 is 5.97 Å². The number of carboxylic acid groups (broad SMARTS) is 1. The summed E-state index contributed by atoms with van der Waals surface area (Å²) in [6, 6.07) is 7.07. The lowest BCUT2D eigenvalue weighted by atomic mass is 10.0. The van der Waals surface area contributed by atoms with Crippen molar-refractivity contribution in [3.8, 4) is 0 Å². The highest BCUT2D eigenvalue weighted by molar-refractivity contribution is 5.87. The van der Waals surface area contributed by atoms with Gasteiger partial charge in [0.15, 0.2) is 0 Å². The van der Waals surface area contributed by atoms with Gasteiger partial charge in [0.05, 0.1) is 11.7 Å². The van der Waals surface area contributed by atoms with Crippen LogP contribution in [0, 0.1) is 0 Å². The lowest BCUT2D eigenvalue weighted by molar-refractivity contribution is -0.129. The van der Waals surface area contributed by atoms with Crippen LogP contribution in [0.1, 0.15) is 80.6 Å². The topological polar surface area (TPSA) is 77.8 Å². The third-order valence-electron chi connectivity index (χ3n) is 5.52. The molecule has 0 bridgehead atoms. The molecule has 150 valence electrons. The molecular formula is C22H33NO4. The van der Waals surface area contributed by atoms with Gasteiger partial charge in [0, 0.05) is 19.0 Å². The van der Waals surface area contributed by atoms with Crippen LogP contribution in [-0.2, 0) is 11.2 Å². The normalized spacial score (nSPS) is 18.1. The molecule has 5 nitrogen and oxygen atoms in total. The van der Waals surface area contributed by atoms with Crippen LogP contribution in [0.3, 0.4) is 0 Å². The second kappa shape index (κ2) is 11.1. The molecule has 0 saturated carbocycles. The van der Waals surface area contributed by atoms with Crippen molar-refractivity contribution in [1.29, 1.82) is 0 Å². The van der Waals surface area contributed by atoms with Crippen LogP contribution < -0.4 is 0 Å². The highest BCUT2D eigenvalue weighted by atomic mass is 16.4.